The van der Waals surface area contributed by atoms with Crippen molar-refractivity contribution in [2.24, 2.45) is 16.6 Å². The zero-order valence-electron chi connectivity index (χ0n) is 7.45. The quantitative estimate of drug-likeness (QED) is 0.493. The fourth-order valence-electron chi connectivity index (χ4n) is 1.14. The van der Waals surface area contributed by atoms with E-state index in [-0.39, 0.29) is 5.92 Å². The van der Waals surface area contributed by atoms with Gasteiger partial charge in [0.1, 0.15) is 11.6 Å². The molecule has 2 N–H and O–H groups in total. The van der Waals surface area contributed by atoms with Crippen LogP contribution in [0.2, 0.25) is 0 Å². The lowest BCUT2D eigenvalue weighted by atomic mass is 9.99. The molecule has 0 saturated carbocycles. The SMILES string of the molecule is CN=C(N)C1C=CC(OC)=CC1. The summed E-state index contributed by atoms with van der Waals surface area (Å²) in [5.41, 5.74) is 5.66. The number of nitrogens with two attached hydrogens (primary N) is 1. The molecular weight excluding hydrogens is 152 g/mol. The molecule has 1 aliphatic carbocycles. The highest BCUT2D eigenvalue weighted by atomic mass is 16.5. The van der Waals surface area contributed by atoms with Crippen molar-refractivity contribution in [1.29, 1.82) is 0 Å². The Labute approximate surface area is 72.6 Å². The summed E-state index contributed by atoms with van der Waals surface area (Å²) in [7, 11) is 3.37. The zero-order chi connectivity index (χ0) is 8.97. The third-order valence-corrected chi connectivity index (χ3v) is 1.94. The van der Waals surface area contributed by atoms with E-state index < -0.39 is 0 Å². The zero-order valence-corrected chi connectivity index (χ0v) is 7.45. The van der Waals surface area contributed by atoms with E-state index in [9.17, 15) is 0 Å². The van der Waals surface area contributed by atoms with E-state index in [0.29, 0.717) is 5.84 Å². The maximum atomic E-state index is 5.66. The van der Waals surface area contributed by atoms with Crippen LogP contribution in [0.15, 0.2) is 29.0 Å². The second-order valence-electron chi connectivity index (χ2n) is 2.66. The molecule has 0 amide bonds. The van der Waals surface area contributed by atoms with E-state index in [2.05, 4.69) is 4.99 Å². The predicted molar refractivity (Wildman–Crippen MR) is 49.9 cm³/mol. The van der Waals surface area contributed by atoms with Crippen LogP contribution in [0.5, 0.6) is 0 Å². The van der Waals surface area contributed by atoms with Crippen LogP contribution >= 0.6 is 0 Å². The Morgan fingerprint density at radius 1 is 1.75 bits per heavy atom. The van der Waals surface area contributed by atoms with E-state index in [1.165, 1.54) is 0 Å². The maximum absolute atomic E-state index is 5.66. The first-order chi connectivity index (χ1) is 5.77. The van der Waals surface area contributed by atoms with Gasteiger partial charge in [-0.05, 0) is 18.6 Å². The minimum Gasteiger partial charge on any atom is -0.497 e. The first-order valence-electron chi connectivity index (χ1n) is 3.92. The smallest absolute Gasteiger partial charge is 0.114 e. The molecule has 3 heteroatoms. The highest BCUT2D eigenvalue weighted by molar-refractivity contribution is 5.84. The fraction of sp³-hybridized carbons (Fsp3) is 0.444. The Kier molecular flexibility index (Phi) is 2.91. The number of nitrogens with zero attached hydrogens (tertiary/aromatic N) is 1. The second kappa shape index (κ2) is 3.95. The molecule has 0 saturated heterocycles. The van der Waals surface area contributed by atoms with Crippen LogP contribution in [0.4, 0.5) is 0 Å². The molecule has 1 unspecified atom stereocenters. The van der Waals surface area contributed by atoms with Crippen molar-refractivity contribution in [3.05, 3.63) is 24.0 Å². The summed E-state index contributed by atoms with van der Waals surface area (Å²) in [6, 6.07) is 0. The third-order valence-electron chi connectivity index (χ3n) is 1.94. The fourth-order valence-corrected chi connectivity index (χ4v) is 1.14. The summed E-state index contributed by atoms with van der Waals surface area (Å²) in [6.45, 7) is 0. The van der Waals surface area contributed by atoms with Gasteiger partial charge in [-0.3, -0.25) is 4.99 Å². The van der Waals surface area contributed by atoms with Crippen molar-refractivity contribution in [2.45, 2.75) is 6.42 Å². The summed E-state index contributed by atoms with van der Waals surface area (Å²) in [5, 5.41) is 0. The number of ether oxygens (including phenoxy) is 1. The molecule has 0 bridgehead atoms. The van der Waals surface area contributed by atoms with Crippen molar-refractivity contribution < 1.29 is 4.74 Å². The molecule has 0 radical (unpaired) electrons. The maximum Gasteiger partial charge on any atom is 0.114 e. The topological polar surface area (TPSA) is 47.6 Å². The van der Waals surface area contributed by atoms with E-state index >= 15 is 0 Å². The number of rotatable bonds is 2. The Morgan fingerprint density at radius 2 is 2.50 bits per heavy atom. The standard InChI is InChI=1S/C9H14N2O/c1-11-9(10)7-3-5-8(12-2)6-4-7/h3,5-7H,4H2,1-2H3,(H2,10,11). The van der Waals surface area contributed by atoms with Crippen molar-refractivity contribution in [3.63, 3.8) is 0 Å². The molecule has 1 atom stereocenters. The molecule has 0 heterocycles. The van der Waals surface area contributed by atoms with Gasteiger partial charge in [-0.2, -0.15) is 0 Å². The van der Waals surface area contributed by atoms with Crippen LogP contribution in [0.1, 0.15) is 6.42 Å². The van der Waals surface area contributed by atoms with Crippen molar-refractivity contribution in [3.8, 4) is 0 Å². The molecule has 0 aromatic heterocycles. The molecule has 1 aliphatic rings. The molecule has 3 nitrogen and oxygen atoms in total. The van der Waals surface area contributed by atoms with E-state index in [1.807, 2.05) is 18.2 Å². The van der Waals surface area contributed by atoms with Gasteiger partial charge in [0.15, 0.2) is 0 Å². The van der Waals surface area contributed by atoms with Crippen LogP contribution in [0, 0.1) is 5.92 Å². The summed E-state index contributed by atoms with van der Waals surface area (Å²) in [5.74, 6) is 1.82. The average molecular weight is 166 g/mol. The minimum atomic E-state index is 0.244. The average Bonchev–Trinajstić information content (AvgIpc) is 2.17. The Hall–Kier alpha value is -1.25. The lowest BCUT2D eigenvalue weighted by Gasteiger charge is -2.14. The normalized spacial score (nSPS) is 23.7. The van der Waals surface area contributed by atoms with E-state index in [1.54, 1.807) is 14.2 Å². The van der Waals surface area contributed by atoms with E-state index in [0.717, 1.165) is 12.2 Å². The van der Waals surface area contributed by atoms with Crippen LogP contribution in [-0.4, -0.2) is 20.0 Å². The highest BCUT2D eigenvalue weighted by Gasteiger charge is 2.11. The number of methoxy groups -OCH3 is 1. The summed E-state index contributed by atoms with van der Waals surface area (Å²) >= 11 is 0. The molecule has 66 valence electrons. The second-order valence-corrected chi connectivity index (χ2v) is 2.66. The predicted octanol–water partition coefficient (Wildman–Crippen LogP) is 1.08. The molecule has 0 aromatic carbocycles. The molecule has 0 aromatic rings. The molecule has 0 fully saturated rings. The monoisotopic (exact) mass is 166 g/mol. The van der Waals surface area contributed by atoms with Crippen LogP contribution in [0.25, 0.3) is 0 Å². The number of hydrogen-bond donors (Lipinski definition) is 1. The van der Waals surface area contributed by atoms with E-state index in [4.69, 9.17) is 10.5 Å². The number of allylic oxidation sites excluding steroid dienone is 2. The summed E-state index contributed by atoms with van der Waals surface area (Å²) < 4.78 is 5.05. The van der Waals surface area contributed by atoms with Crippen LogP contribution in [-0.2, 0) is 4.74 Å². The number of amidine groups is 1. The van der Waals surface area contributed by atoms with Gasteiger partial charge in [-0.15, -0.1) is 0 Å². The van der Waals surface area contributed by atoms with Gasteiger partial charge in [0, 0.05) is 13.0 Å². The Morgan fingerprint density at radius 3 is 2.92 bits per heavy atom. The molecule has 0 spiro atoms. The van der Waals surface area contributed by atoms with Crippen molar-refractivity contribution in [2.75, 3.05) is 14.2 Å². The first kappa shape index (κ1) is 8.84. The van der Waals surface area contributed by atoms with Gasteiger partial charge < -0.3 is 10.5 Å². The number of hydrogen-bond acceptors (Lipinski definition) is 2. The van der Waals surface area contributed by atoms with Gasteiger partial charge in [0.2, 0.25) is 0 Å². The Bertz CT molecular complexity index is 241. The van der Waals surface area contributed by atoms with Gasteiger partial charge in [0.05, 0.1) is 7.11 Å². The lowest BCUT2D eigenvalue weighted by molar-refractivity contribution is 0.303. The van der Waals surface area contributed by atoms with Crippen molar-refractivity contribution in [1.82, 2.24) is 0 Å². The van der Waals surface area contributed by atoms with Crippen LogP contribution < -0.4 is 5.73 Å². The highest BCUT2D eigenvalue weighted by Crippen LogP contribution is 2.16. The summed E-state index contributed by atoms with van der Waals surface area (Å²) in [6.07, 6.45) is 6.83. The third kappa shape index (κ3) is 1.87. The molecular formula is C9H14N2O. The van der Waals surface area contributed by atoms with Gasteiger partial charge in [-0.25, -0.2) is 0 Å². The lowest BCUT2D eigenvalue weighted by Crippen LogP contribution is -2.22. The minimum absolute atomic E-state index is 0.244. The molecule has 1 rings (SSSR count). The van der Waals surface area contributed by atoms with Crippen LogP contribution in [0.3, 0.4) is 0 Å². The van der Waals surface area contributed by atoms with Gasteiger partial charge >= 0.3 is 0 Å². The molecule has 0 aliphatic heterocycles. The van der Waals surface area contributed by atoms with Crippen molar-refractivity contribution >= 4 is 5.84 Å². The number of aliphatic imine (C=N–C) groups is 1. The summed E-state index contributed by atoms with van der Waals surface area (Å²) in [4.78, 5) is 3.94. The van der Waals surface area contributed by atoms with Gasteiger partial charge in [0.25, 0.3) is 0 Å². The first-order valence-corrected chi connectivity index (χ1v) is 3.92. The molecule has 12 heavy (non-hydrogen) atoms. The Balaban J connectivity index is 2.60. The van der Waals surface area contributed by atoms with Gasteiger partial charge in [-0.1, -0.05) is 6.08 Å². The largest absolute Gasteiger partial charge is 0.497 e.